The summed E-state index contributed by atoms with van der Waals surface area (Å²) in [4.78, 5) is 13.4. The molecule has 0 amide bonds. The Morgan fingerprint density at radius 2 is 2.38 bits per heavy atom. The van der Waals surface area contributed by atoms with E-state index in [1.165, 1.54) is 9.56 Å². The molecular formula is C14H18ClN3O2S. The van der Waals surface area contributed by atoms with Crippen LogP contribution in [0.5, 0.6) is 0 Å². The van der Waals surface area contributed by atoms with E-state index in [0.29, 0.717) is 18.8 Å². The molecule has 2 rings (SSSR count). The van der Waals surface area contributed by atoms with Gasteiger partial charge in [-0.15, -0.1) is 11.3 Å². The molecule has 114 valence electrons. The molecule has 0 saturated heterocycles. The standard InChI is InChI=1S/C14H18ClN3O2S/c1-10(8-11-4-3-7-21-11)17-12-9-16-18(5-6-20-2)14(19)13(12)15/h3-4,7,9-10,17H,5-6,8H2,1-2H3. The van der Waals surface area contributed by atoms with Crippen molar-refractivity contribution in [2.24, 2.45) is 0 Å². The quantitative estimate of drug-likeness (QED) is 0.849. The third-order valence-electron chi connectivity index (χ3n) is 2.98. The molecule has 0 aliphatic rings. The second-order valence-electron chi connectivity index (χ2n) is 4.72. The summed E-state index contributed by atoms with van der Waals surface area (Å²) in [6.45, 7) is 2.86. The van der Waals surface area contributed by atoms with Gasteiger partial charge in [-0.05, 0) is 18.4 Å². The monoisotopic (exact) mass is 327 g/mol. The van der Waals surface area contributed by atoms with Gasteiger partial charge in [-0.2, -0.15) is 5.10 Å². The van der Waals surface area contributed by atoms with Crippen molar-refractivity contribution >= 4 is 28.6 Å². The number of hydrogen-bond acceptors (Lipinski definition) is 5. The van der Waals surface area contributed by atoms with Crippen molar-refractivity contribution in [2.45, 2.75) is 25.9 Å². The second kappa shape index (κ2) is 7.59. The minimum Gasteiger partial charge on any atom is -0.383 e. The van der Waals surface area contributed by atoms with E-state index in [9.17, 15) is 4.79 Å². The Hall–Kier alpha value is -1.37. The zero-order chi connectivity index (χ0) is 15.2. The zero-order valence-electron chi connectivity index (χ0n) is 12.0. The van der Waals surface area contributed by atoms with E-state index < -0.39 is 0 Å². The number of rotatable bonds is 7. The van der Waals surface area contributed by atoms with Crippen LogP contribution in [0.4, 0.5) is 5.69 Å². The summed E-state index contributed by atoms with van der Waals surface area (Å²) in [7, 11) is 1.58. The Bertz CT molecular complexity index is 628. The number of thiophene rings is 1. The predicted octanol–water partition coefficient (Wildman–Crippen LogP) is 2.65. The Kier molecular flexibility index (Phi) is 5.78. The highest BCUT2D eigenvalue weighted by Gasteiger charge is 2.12. The Labute approximate surface area is 132 Å². The van der Waals surface area contributed by atoms with Crippen molar-refractivity contribution in [3.05, 3.63) is 44.0 Å². The van der Waals surface area contributed by atoms with Crippen molar-refractivity contribution in [1.82, 2.24) is 9.78 Å². The van der Waals surface area contributed by atoms with Crippen LogP contribution in [-0.2, 0) is 17.7 Å². The van der Waals surface area contributed by atoms with Crippen molar-refractivity contribution in [2.75, 3.05) is 19.0 Å². The first-order valence-corrected chi connectivity index (χ1v) is 7.91. The molecule has 0 aliphatic heterocycles. The molecular weight excluding hydrogens is 310 g/mol. The fourth-order valence-corrected chi connectivity index (χ4v) is 2.99. The van der Waals surface area contributed by atoms with Gasteiger partial charge in [0.05, 0.1) is 25.0 Å². The molecule has 1 atom stereocenters. The van der Waals surface area contributed by atoms with Gasteiger partial charge in [-0.3, -0.25) is 4.79 Å². The van der Waals surface area contributed by atoms with E-state index in [4.69, 9.17) is 16.3 Å². The fourth-order valence-electron chi connectivity index (χ4n) is 1.95. The molecule has 0 bridgehead atoms. The fraction of sp³-hybridized carbons (Fsp3) is 0.429. The second-order valence-corrected chi connectivity index (χ2v) is 6.13. The molecule has 0 spiro atoms. The van der Waals surface area contributed by atoms with Gasteiger partial charge in [0.1, 0.15) is 5.02 Å². The lowest BCUT2D eigenvalue weighted by molar-refractivity contribution is 0.182. The van der Waals surface area contributed by atoms with Crippen LogP contribution in [0, 0.1) is 0 Å². The van der Waals surface area contributed by atoms with Crippen molar-refractivity contribution < 1.29 is 4.74 Å². The number of halogens is 1. The van der Waals surface area contributed by atoms with E-state index in [0.717, 1.165) is 6.42 Å². The topological polar surface area (TPSA) is 56.1 Å². The number of nitrogens with zero attached hydrogens (tertiary/aromatic N) is 2. The number of hydrogen-bond donors (Lipinski definition) is 1. The summed E-state index contributed by atoms with van der Waals surface area (Å²) < 4.78 is 6.24. The first-order valence-electron chi connectivity index (χ1n) is 6.65. The third kappa shape index (κ3) is 4.30. The van der Waals surface area contributed by atoms with E-state index >= 15 is 0 Å². The maximum atomic E-state index is 12.1. The Morgan fingerprint density at radius 3 is 3.05 bits per heavy atom. The van der Waals surface area contributed by atoms with Gasteiger partial charge in [0, 0.05) is 24.4 Å². The minimum absolute atomic E-state index is 0.164. The summed E-state index contributed by atoms with van der Waals surface area (Å²) in [5.74, 6) is 0. The van der Waals surface area contributed by atoms with E-state index in [2.05, 4.69) is 16.5 Å². The van der Waals surface area contributed by atoms with Gasteiger partial charge >= 0.3 is 0 Å². The molecule has 1 unspecified atom stereocenters. The van der Waals surface area contributed by atoms with Crippen LogP contribution in [0.15, 0.2) is 28.5 Å². The lowest BCUT2D eigenvalue weighted by atomic mass is 10.2. The van der Waals surface area contributed by atoms with E-state index in [1.807, 2.05) is 18.4 Å². The number of anilines is 1. The third-order valence-corrected chi connectivity index (χ3v) is 4.25. The molecule has 5 nitrogen and oxygen atoms in total. The van der Waals surface area contributed by atoms with Crippen LogP contribution in [0.1, 0.15) is 11.8 Å². The largest absolute Gasteiger partial charge is 0.383 e. The molecule has 0 saturated carbocycles. The molecule has 2 aromatic rings. The van der Waals surface area contributed by atoms with Crippen LogP contribution in [-0.4, -0.2) is 29.5 Å². The Balaban J connectivity index is 2.06. The number of ether oxygens (including phenoxy) is 1. The van der Waals surface area contributed by atoms with Crippen LogP contribution < -0.4 is 10.9 Å². The maximum Gasteiger partial charge on any atom is 0.287 e. The molecule has 7 heteroatoms. The summed E-state index contributed by atoms with van der Waals surface area (Å²) in [6, 6.07) is 4.28. The molecule has 2 aromatic heterocycles. The van der Waals surface area contributed by atoms with Crippen LogP contribution in [0.3, 0.4) is 0 Å². The van der Waals surface area contributed by atoms with Gasteiger partial charge < -0.3 is 10.1 Å². The molecule has 0 aromatic carbocycles. The highest BCUT2D eigenvalue weighted by molar-refractivity contribution is 7.09. The molecule has 0 aliphatic carbocycles. The van der Waals surface area contributed by atoms with Crippen LogP contribution >= 0.6 is 22.9 Å². The normalized spacial score (nSPS) is 12.3. The van der Waals surface area contributed by atoms with E-state index in [1.54, 1.807) is 24.6 Å². The molecule has 1 N–H and O–H groups in total. The van der Waals surface area contributed by atoms with Crippen molar-refractivity contribution in [3.8, 4) is 0 Å². The smallest absolute Gasteiger partial charge is 0.287 e. The summed E-state index contributed by atoms with van der Waals surface area (Å²) in [5, 5.41) is 9.56. The first-order chi connectivity index (χ1) is 10.1. The van der Waals surface area contributed by atoms with Crippen LogP contribution in [0.25, 0.3) is 0 Å². The van der Waals surface area contributed by atoms with Crippen molar-refractivity contribution in [3.63, 3.8) is 0 Å². The predicted molar refractivity (Wildman–Crippen MR) is 86.5 cm³/mol. The van der Waals surface area contributed by atoms with Gasteiger partial charge in [0.2, 0.25) is 0 Å². The lowest BCUT2D eigenvalue weighted by Crippen LogP contribution is -2.27. The van der Waals surface area contributed by atoms with Gasteiger partial charge in [0.15, 0.2) is 0 Å². The summed E-state index contributed by atoms with van der Waals surface area (Å²) >= 11 is 7.84. The zero-order valence-corrected chi connectivity index (χ0v) is 13.6. The lowest BCUT2D eigenvalue weighted by Gasteiger charge is -2.15. The molecule has 0 radical (unpaired) electrons. The Morgan fingerprint density at radius 1 is 1.57 bits per heavy atom. The van der Waals surface area contributed by atoms with Gasteiger partial charge in [-0.1, -0.05) is 17.7 Å². The van der Waals surface area contributed by atoms with Gasteiger partial charge in [0.25, 0.3) is 5.56 Å². The number of methoxy groups -OCH3 is 1. The van der Waals surface area contributed by atoms with Gasteiger partial charge in [-0.25, -0.2) is 4.68 Å². The SMILES string of the molecule is COCCn1ncc(NC(C)Cc2cccs2)c(Cl)c1=O. The summed E-state index contributed by atoms with van der Waals surface area (Å²) in [5.41, 5.74) is 0.265. The molecule has 0 fully saturated rings. The number of nitrogens with one attached hydrogen (secondary N) is 1. The highest BCUT2D eigenvalue weighted by atomic mass is 35.5. The average Bonchev–Trinajstić information content (AvgIpc) is 2.96. The van der Waals surface area contributed by atoms with Crippen molar-refractivity contribution in [1.29, 1.82) is 0 Å². The average molecular weight is 328 g/mol. The maximum absolute atomic E-state index is 12.1. The minimum atomic E-state index is -0.304. The van der Waals surface area contributed by atoms with Crippen LogP contribution in [0.2, 0.25) is 5.02 Å². The molecule has 2 heterocycles. The first kappa shape index (κ1) is 16.0. The highest BCUT2D eigenvalue weighted by Crippen LogP contribution is 2.18. The summed E-state index contributed by atoms with van der Waals surface area (Å²) in [6.07, 6.45) is 2.46. The number of aromatic nitrogens is 2. The van der Waals surface area contributed by atoms with E-state index in [-0.39, 0.29) is 16.6 Å². The molecule has 21 heavy (non-hydrogen) atoms.